The van der Waals surface area contributed by atoms with Gasteiger partial charge in [-0.3, -0.25) is 4.79 Å². The number of methoxy groups -OCH3 is 1. The van der Waals surface area contributed by atoms with E-state index >= 15 is 0 Å². The molecule has 4 nitrogen and oxygen atoms in total. The summed E-state index contributed by atoms with van der Waals surface area (Å²) in [4.78, 5) is 15.3. The number of carbonyl (C=O) groups is 1. The SMILES string of the molecule is COc1ccc(C2CC(c3cccs3)=NN2C(=O)CSc2ccc(C)cc2)cc1. The molecule has 0 bridgehead atoms. The van der Waals surface area contributed by atoms with Gasteiger partial charge >= 0.3 is 0 Å². The number of rotatable bonds is 6. The second-order valence-corrected chi connectivity index (χ2v) is 8.85. The molecule has 0 radical (unpaired) electrons. The van der Waals surface area contributed by atoms with Crippen LogP contribution in [-0.4, -0.2) is 29.5 Å². The zero-order valence-corrected chi connectivity index (χ0v) is 18.0. The monoisotopic (exact) mass is 422 g/mol. The van der Waals surface area contributed by atoms with E-state index < -0.39 is 0 Å². The first-order chi connectivity index (χ1) is 14.1. The highest BCUT2D eigenvalue weighted by Crippen LogP contribution is 2.35. The van der Waals surface area contributed by atoms with Crippen LogP contribution in [0.5, 0.6) is 5.75 Å². The summed E-state index contributed by atoms with van der Waals surface area (Å²) in [7, 11) is 1.65. The van der Waals surface area contributed by atoms with Crippen LogP contribution in [0.3, 0.4) is 0 Å². The van der Waals surface area contributed by atoms with Crippen molar-refractivity contribution in [2.75, 3.05) is 12.9 Å². The van der Waals surface area contributed by atoms with E-state index in [9.17, 15) is 4.79 Å². The number of aryl methyl sites for hydroxylation is 1. The molecule has 4 rings (SSSR count). The molecule has 0 spiro atoms. The summed E-state index contributed by atoms with van der Waals surface area (Å²) in [5, 5.41) is 8.43. The lowest BCUT2D eigenvalue weighted by atomic mass is 10.0. The maximum atomic E-state index is 13.1. The minimum atomic E-state index is -0.0934. The third-order valence-corrected chi connectivity index (χ3v) is 6.77. The fourth-order valence-electron chi connectivity index (χ4n) is 3.26. The van der Waals surface area contributed by atoms with Crippen molar-refractivity contribution in [3.63, 3.8) is 0 Å². The van der Waals surface area contributed by atoms with Gasteiger partial charge in [0.15, 0.2) is 0 Å². The molecule has 0 fully saturated rings. The summed E-state index contributed by atoms with van der Waals surface area (Å²) in [6, 6.07) is 20.1. The molecule has 6 heteroatoms. The smallest absolute Gasteiger partial charge is 0.253 e. The molecule has 1 aliphatic heterocycles. The van der Waals surface area contributed by atoms with Gasteiger partial charge in [0, 0.05) is 11.3 Å². The van der Waals surface area contributed by atoms with Crippen LogP contribution in [0.1, 0.15) is 28.5 Å². The topological polar surface area (TPSA) is 41.9 Å². The number of ether oxygens (including phenoxy) is 1. The largest absolute Gasteiger partial charge is 0.497 e. The number of hydrazone groups is 1. The Balaban J connectivity index is 1.54. The Labute approximate surface area is 179 Å². The van der Waals surface area contributed by atoms with Gasteiger partial charge < -0.3 is 4.74 Å². The van der Waals surface area contributed by atoms with Crippen molar-refractivity contribution in [1.82, 2.24) is 5.01 Å². The third kappa shape index (κ3) is 4.54. The number of hydrogen-bond acceptors (Lipinski definition) is 5. The third-order valence-electron chi connectivity index (χ3n) is 4.86. The highest BCUT2D eigenvalue weighted by molar-refractivity contribution is 8.00. The number of carbonyl (C=O) groups excluding carboxylic acids is 1. The van der Waals surface area contributed by atoms with Gasteiger partial charge in [0.25, 0.3) is 5.91 Å². The van der Waals surface area contributed by atoms with Crippen molar-refractivity contribution in [3.8, 4) is 5.75 Å². The predicted octanol–water partition coefficient (Wildman–Crippen LogP) is 5.54. The summed E-state index contributed by atoms with van der Waals surface area (Å²) in [6.07, 6.45) is 0.716. The Hall–Kier alpha value is -2.57. The number of benzene rings is 2. The van der Waals surface area contributed by atoms with E-state index in [1.165, 1.54) is 5.56 Å². The van der Waals surface area contributed by atoms with Gasteiger partial charge in [-0.15, -0.1) is 23.1 Å². The summed E-state index contributed by atoms with van der Waals surface area (Å²) in [5.41, 5.74) is 3.24. The molecule has 1 aliphatic rings. The fraction of sp³-hybridized carbons (Fsp3) is 0.217. The fourth-order valence-corrected chi connectivity index (χ4v) is 4.74. The van der Waals surface area contributed by atoms with Crippen molar-refractivity contribution in [1.29, 1.82) is 0 Å². The minimum Gasteiger partial charge on any atom is -0.497 e. The second kappa shape index (κ2) is 8.84. The Morgan fingerprint density at radius 2 is 1.93 bits per heavy atom. The van der Waals surface area contributed by atoms with E-state index in [0.717, 1.165) is 26.8 Å². The Morgan fingerprint density at radius 1 is 1.17 bits per heavy atom. The average molecular weight is 423 g/mol. The van der Waals surface area contributed by atoms with Gasteiger partial charge in [0.1, 0.15) is 5.75 Å². The first kappa shape index (κ1) is 19.7. The van der Waals surface area contributed by atoms with Gasteiger partial charge in [-0.05, 0) is 48.2 Å². The Morgan fingerprint density at radius 3 is 2.59 bits per heavy atom. The summed E-state index contributed by atoms with van der Waals surface area (Å²) >= 11 is 3.20. The van der Waals surface area contributed by atoms with Gasteiger partial charge in [0.2, 0.25) is 0 Å². The molecule has 2 aromatic carbocycles. The van der Waals surface area contributed by atoms with Gasteiger partial charge in [0.05, 0.1) is 29.5 Å². The number of hydrogen-bond donors (Lipinski definition) is 0. The molecule has 148 valence electrons. The first-order valence-electron chi connectivity index (χ1n) is 9.41. The quantitative estimate of drug-likeness (QED) is 0.490. The van der Waals surface area contributed by atoms with Gasteiger partial charge in [-0.2, -0.15) is 5.10 Å². The maximum Gasteiger partial charge on any atom is 0.253 e. The van der Waals surface area contributed by atoms with E-state index in [1.807, 2.05) is 35.7 Å². The van der Waals surface area contributed by atoms with Crippen LogP contribution in [-0.2, 0) is 4.79 Å². The highest BCUT2D eigenvalue weighted by atomic mass is 32.2. The van der Waals surface area contributed by atoms with Crippen molar-refractivity contribution >= 4 is 34.7 Å². The number of thioether (sulfide) groups is 1. The Bertz CT molecular complexity index is 996. The lowest BCUT2D eigenvalue weighted by Crippen LogP contribution is -2.28. The van der Waals surface area contributed by atoms with Crippen LogP contribution in [0.15, 0.2) is 76.0 Å². The van der Waals surface area contributed by atoms with E-state index in [1.54, 1.807) is 35.2 Å². The van der Waals surface area contributed by atoms with E-state index in [2.05, 4.69) is 37.3 Å². The van der Waals surface area contributed by atoms with Crippen molar-refractivity contribution in [3.05, 3.63) is 82.0 Å². The average Bonchev–Trinajstić information content (AvgIpc) is 3.43. The predicted molar refractivity (Wildman–Crippen MR) is 120 cm³/mol. The molecule has 1 atom stereocenters. The number of nitrogens with zero attached hydrogens (tertiary/aromatic N) is 2. The van der Waals surface area contributed by atoms with Crippen LogP contribution < -0.4 is 4.74 Å². The molecule has 1 unspecified atom stereocenters. The molecular formula is C23H22N2O2S2. The summed E-state index contributed by atoms with van der Waals surface area (Å²) in [5.74, 6) is 1.18. The van der Waals surface area contributed by atoms with Crippen LogP contribution in [0, 0.1) is 6.92 Å². The zero-order chi connectivity index (χ0) is 20.2. The van der Waals surface area contributed by atoms with Crippen LogP contribution in [0.4, 0.5) is 0 Å². The summed E-state index contributed by atoms with van der Waals surface area (Å²) < 4.78 is 5.27. The molecule has 0 saturated heterocycles. The standard InChI is InChI=1S/C23H22N2O2S2/c1-16-5-11-19(12-6-16)29-15-23(26)25-21(17-7-9-18(27-2)10-8-17)14-20(24-25)22-4-3-13-28-22/h3-13,21H,14-15H2,1-2H3. The number of amides is 1. The molecule has 1 amide bonds. The van der Waals surface area contributed by atoms with E-state index in [-0.39, 0.29) is 11.9 Å². The number of thiophene rings is 1. The highest BCUT2D eigenvalue weighted by Gasteiger charge is 2.33. The summed E-state index contributed by atoms with van der Waals surface area (Å²) in [6.45, 7) is 2.06. The van der Waals surface area contributed by atoms with E-state index in [4.69, 9.17) is 9.84 Å². The lowest BCUT2D eigenvalue weighted by molar-refractivity contribution is -0.130. The van der Waals surface area contributed by atoms with Gasteiger partial charge in [-0.25, -0.2) is 5.01 Å². The van der Waals surface area contributed by atoms with Crippen LogP contribution >= 0.6 is 23.1 Å². The molecule has 3 aromatic rings. The van der Waals surface area contributed by atoms with Crippen molar-refractivity contribution in [2.24, 2.45) is 5.10 Å². The van der Waals surface area contributed by atoms with Crippen molar-refractivity contribution < 1.29 is 9.53 Å². The minimum absolute atomic E-state index is 0.0166. The molecule has 1 aromatic heterocycles. The van der Waals surface area contributed by atoms with Crippen LogP contribution in [0.25, 0.3) is 0 Å². The molecule has 2 heterocycles. The molecular weight excluding hydrogens is 400 g/mol. The molecule has 0 N–H and O–H groups in total. The second-order valence-electron chi connectivity index (χ2n) is 6.86. The molecule has 0 aliphatic carbocycles. The molecule has 29 heavy (non-hydrogen) atoms. The van der Waals surface area contributed by atoms with Crippen LogP contribution in [0.2, 0.25) is 0 Å². The van der Waals surface area contributed by atoms with E-state index in [0.29, 0.717) is 12.2 Å². The zero-order valence-electron chi connectivity index (χ0n) is 16.4. The first-order valence-corrected chi connectivity index (χ1v) is 11.3. The lowest BCUT2D eigenvalue weighted by Gasteiger charge is -2.22. The van der Waals surface area contributed by atoms with Crippen molar-refractivity contribution in [2.45, 2.75) is 24.3 Å². The molecule has 0 saturated carbocycles. The maximum absolute atomic E-state index is 13.1. The van der Waals surface area contributed by atoms with Gasteiger partial charge in [-0.1, -0.05) is 35.9 Å². The Kier molecular flexibility index (Phi) is 6.02. The normalized spacial score (nSPS) is 16.0.